The molecule has 0 radical (unpaired) electrons. The molecule has 0 spiro atoms. The van der Waals surface area contributed by atoms with Crippen LogP contribution in [-0.4, -0.2) is 58.6 Å². The van der Waals surface area contributed by atoms with Crippen LogP contribution in [0.3, 0.4) is 0 Å². The van der Waals surface area contributed by atoms with Crippen molar-refractivity contribution in [3.05, 3.63) is 5.21 Å². The van der Waals surface area contributed by atoms with Crippen LogP contribution in [0.5, 0.6) is 0 Å². The van der Waals surface area contributed by atoms with E-state index in [2.05, 4.69) is 0 Å². The van der Waals surface area contributed by atoms with Crippen molar-refractivity contribution in [3.8, 4) is 0 Å². The minimum absolute atomic E-state index is 0.152. The lowest BCUT2D eigenvalue weighted by atomic mass is 10.3. The number of aliphatic carboxylic acids is 1. The van der Waals surface area contributed by atoms with Gasteiger partial charge in [-0.2, -0.15) is 0 Å². The van der Waals surface area contributed by atoms with E-state index in [1.54, 1.807) is 0 Å². The molecule has 0 aliphatic heterocycles. The first-order valence-electron chi connectivity index (χ1n) is 5.01. The van der Waals surface area contributed by atoms with Crippen LogP contribution < -0.4 is 0 Å². The average Bonchev–Trinajstić information content (AvgIpc) is 2.07. The Morgan fingerprint density at radius 2 is 2.00 bits per heavy atom. The number of nitrogens with zero attached hydrogens (tertiary/aromatic N) is 1. The topological polar surface area (TPSA) is 127 Å². The molecule has 0 heterocycles. The van der Waals surface area contributed by atoms with Crippen molar-refractivity contribution < 1.29 is 33.6 Å². The van der Waals surface area contributed by atoms with Gasteiger partial charge < -0.3 is 29.5 Å². The monoisotopic (exact) mass is 271 g/mol. The number of carboxylic acid groups (broad SMARTS) is 1. The summed E-state index contributed by atoms with van der Waals surface area (Å²) in [6, 6.07) is 0. The lowest BCUT2D eigenvalue weighted by Gasteiger charge is -2.41. The number of methoxy groups -OCH3 is 1. The molecule has 1 unspecified atom stereocenters. The normalized spacial score (nSPS) is 15.5. The Kier molecular flexibility index (Phi) is 6.84. The fourth-order valence-electron chi connectivity index (χ4n) is 1.43. The minimum Gasteiger partial charge on any atom is -0.632 e. The standard InChI is InChI=1S/C8H18NO7P/c1-16-5-3-2-4-9(12,6-8(10)11)7-17(13,14)15/h2-7H2,1H3,(H,10,11)(H2,13,14,15). The first kappa shape index (κ1) is 16.5. The Balaban J connectivity index is 4.39. The van der Waals surface area contributed by atoms with E-state index in [9.17, 15) is 14.6 Å². The summed E-state index contributed by atoms with van der Waals surface area (Å²) >= 11 is 0. The highest BCUT2D eigenvalue weighted by Crippen LogP contribution is 2.37. The molecule has 0 aromatic rings. The molecule has 9 heteroatoms. The van der Waals surface area contributed by atoms with Gasteiger partial charge in [-0.25, -0.2) is 4.79 Å². The minimum atomic E-state index is -4.53. The highest BCUT2D eigenvalue weighted by Gasteiger charge is 2.30. The van der Waals surface area contributed by atoms with Crippen LogP contribution in [0.4, 0.5) is 0 Å². The van der Waals surface area contributed by atoms with Crippen LogP contribution in [-0.2, 0) is 14.1 Å². The van der Waals surface area contributed by atoms with E-state index in [4.69, 9.17) is 19.6 Å². The molecule has 0 aromatic heterocycles. The first-order valence-corrected chi connectivity index (χ1v) is 6.81. The maximum absolute atomic E-state index is 11.9. The SMILES string of the molecule is COCCCC[N+]([O-])(CC(=O)O)CP(=O)(O)O. The van der Waals surface area contributed by atoms with Gasteiger partial charge in [0, 0.05) is 13.7 Å². The van der Waals surface area contributed by atoms with Gasteiger partial charge in [0.25, 0.3) is 0 Å². The molecular formula is C8H18NO7P. The van der Waals surface area contributed by atoms with Crippen LogP contribution in [0.15, 0.2) is 0 Å². The van der Waals surface area contributed by atoms with Gasteiger partial charge in [-0.15, -0.1) is 0 Å². The van der Waals surface area contributed by atoms with Crippen LogP contribution in [0.2, 0.25) is 0 Å². The second kappa shape index (κ2) is 7.05. The summed E-state index contributed by atoms with van der Waals surface area (Å²) in [6.07, 6.45) is -0.115. The van der Waals surface area contributed by atoms with E-state index in [-0.39, 0.29) is 6.54 Å². The molecule has 0 aliphatic rings. The largest absolute Gasteiger partial charge is 0.632 e. The summed E-state index contributed by atoms with van der Waals surface area (Å²) in [5.41, 5.74) is 0. The molecular weight excluding hydrogens is 253 g/mol. The van der Waals surface area contributed by atoms with Gasteiger partial charge in [0.2, 0.25) is 0 Å². The van der Waals surface area contributed by atoms with Crippen molar-refractivity contribution in [2.24, 2.45) is 0 Å². The van der Waals surface area contributed by atoms with Gasteiger partial charge >= 0.3 is 13.6 Å². The molecule has 0 aliphatic carbocycles. The van der Waals surface area contributed by atoms with Gasteiger partial charge in [-0.1, -0.05) is 0 Å². The zero-order chi connectivity index (χ0) is 13.5. The van der Waals surface area contributed by atoms with Crippen molar-refractivity contribution in [3.63, 3.8) is 0 Å². The quantitative estimate of drug-likeness (QED) is 0.232. The van der Waals surface area contributed by atoms with E-state index in [1.165, 1.54) is 7.11 Å². The summed E-state index contributed by atoms with van der Waals surface area (Å²) in [7, 11) is -3.04. The van der Waals surface area contributed by atoms with E-state index in [0.29, 0.717) is 19.4 Å². The van der Waals surface area contributed by atoms with Gasteiger partial charge in [-0.3, -0.25) is 4.57 Å². The number of carbonyl (C=O) groups is 1. The predicted octanol–water partition coefficient (Wildman–Crippen LogP) is -0.0526. The van der Waals surface area contributed by atoms with Crippen LogP contribution in [0.1, 0.15) is 12.8 Å². The molecule has 0 rings (SSSR count). The number of hydroxylamine groups is 3. The lowest BCUT2D eigenvalue weighted by molar-refractivity contribution is -0.863. The molecule has 0 bridgehead atoms. The Bertz CT molecular complexity index is 292. The smallest absolute Gasteiger partial charge is 0.379 e. The van der Waals surface area contributed by atoms with Crippen molar-refractivity contribution in [2.75, 3.05) is 33.1 Å². The lowest BCUT2D eigenvalue weighted by Crippen LogP contribution is -2.47. The maximum atomic E-state index is 11.9. The molecule has 102 valence electrons. The summed E-state index contributed by atoms with van der Waals surface area (Å²) in [5, 5.41) is 20.5. The zero-order valence-corrected chi connectivity index (χ0v) is 10.5. The molecule has 0 saturated carbocycles. The fourth-order valence-corrected chi connectivity index (χ4v) is 2.34. The Hall–Kier alpha value is -0.500. The molecule has 0 saturated heterocycles. The fraction of sp³-hybridized carbons (Fsp3) is 0.875. The highest BCUT2D eigenvalue weighted by molar-refractivity contribution is 7.51. The Morgan fingerprint density at radius 3 is 2.41 bits per heavy atom. The second-order valence-electron chi connectivity index (χ2n) is 3.84. The summed E-state index contributed by atoms with van der Waals surface area (Å²) in [6.45, 7) is -0.582. The summed E-state index contributed by atoms with van der Waals surface area (Å²) in [5.74, 6) is -1.37. The van der Waals surface area contributed by atoms with E-state index >= 15 is 0 Å². The number of unbranched alkanes of at least 4 members (excludes halogenated alkanes) is 1. The summed E-state index contributed by atoms with van der Waals surface area (Å²) in [4.78, 5) is 28.0. The van der Waals surface area contributed by atoms with Crippen molar-refractivity contribution in [1.29, 1.82) is 0 Å². The molecule has 0 aromatic carbocycles. The molecule has 1 atom stereocenters. The van der Waals surface area contributed by atoms with Crippen LogP contribution in [0, 0.1) is 5.21 Å². The van der Waals surface area contributed by atoms with Gasteiger partial charge in [0.05, 0.1) is 6.54 Å². The first-order chi connectivity index (χ1) is 7.68. The predicted molar refractivity (Wildman–Crippen MR) is 59.0 cm³/mol. The second-order valence-corrected chi connectivity index (χ2v) is 5.45. The highest BCUT2D eigenvalue weighted by atomic mass is 31.2. The molecule has 3 N–H and O–H groups in total. The third kappa shape index (κ3) is 9.22. The third-order valence-electron chi connectivity index (χ3n) is 2.03. The van der Waals surface area contributed by atoms with Crippen LogP contribution in [0.25, 0.3) is 0 Å². The van der Waals surface area contributed by atoms with Gasteiger partial charge in [0.15, 0.2) is 12.8 Å². The van der Waals surface area contributed by atoms with Crippen molar-refractivity contribution in [1.82, 2.24) is 0 Å². The summed E-state index contributed by atoms with van der Waals surface area (Å²) < 4.78 is 14.1. The Labute approximate surface area is 99.1 Å². The van der Waals surface area contributed by atoms with E-state index < -0.39 is 31.0 Å². The number of rotatable bonds is 9. The van der Waals surface area contributed by atoms with E-state index in [1.807, 2.05) is 0 Å². The number of quaternary nitrogens is 1. The van der Waals surface area contributed by atoms with Crippen molar-refractivity contribution >= 4 is 13.6 Å². The van der Waals surface area contributed by atoms with Crippen molar-refractivity contribution in [2.45, 2.75) is 12.8 Å². The van der Waals surface area contributed by atoms with Gasteiger partial charge in [0.1, 0.15) is 0 Å². The maximum Gasteiger partial charge on any atom is 0.379 e. The number of hydrogen-bond donors (Lipinski definition) is 3. The molecule has 8 nitrogen and oxygen atoms in total. The molecule has 0 amide bonds. The average molecular weight is 271 g/mol. The Morgan fingerprint density at radius 1 is 1.41 bits per heavy atom. The zero-order valence-electron chi connectivity index (χ0n) is 9.61. The molecule has 17 heavy (non-hydrogen) atoms. The van der Waals surface area contributed by atoms with E-state index in [0.717, 1.165) is 0 Å². The number of hydrogen-bond acceptors (Lipinski definition) is 4. The van der Waals surface area contributed by atoms with Gasteiger partial charge in [-0.05, 0) is 12.8 Å². The number of carboxylic acids is 1. The molecule has 0 fully saturated rings. The van der Waals surface area contributed by atoms with Crippen LogP contribution >= 0.6 is 7.60 Å². The number of ether oxygens (including phenoxy) is 1. The third-order valence-corrected chi connectivity index (χ3v) is 2.91.